The second kappa shape index (κ2) is 7.60. The van der Waals surface area contributed by atoms with Gasteiger partial charge in [-0.25, -0.2) is 4.39 Å². The van der Waals surface area contributed by atoms with Crippen molar-refractivity contribution in [2.45, 2.75) is 45.3 Å². The molecule has 0 aliphatic carbocycles. The van der Waals surface area contributed by atoms with Crippen LogP contribution in [0.2, 0.25) is 0 Å². The van der Waals surface area contributed by atoms with Gasteiger partial charge in [0.1, 0.15) is 0 Å². The number of rotatable bonds is 8. The Kier molecular flexibility index (Phi) is 6.43. The van der Waals surface area contributed by atoms with Crippen LogP contribution < -0.4 is 10.1 Å². The van der Waals surface area contributed by atoms with E-state index in [9.17, 15) is 4.39 Å². The number of hydrogen-bond donors (Lipinski definition) is 1. The summed E-state index contributed by atoms with van der Waals surface area (Å²) in [6, 6.07) is 5.38. The lowest BCUT2D eigenvalue weighted by atomic mass is 9.94. The van der Waals surface area contributed by atoms with E-state index in [4.69, 9.17) is 9.47 Å². The van der Waals surface area contributed by atoms with E-state index in [-0.39, 0.29) is 23.2 Å². The number of hydrogen-bond acceptors (Lipinski definition) is 3. The first-order valence-corrected chi connectivity index (χ1v) is 7.02. The predicted molar refractivity (Wildman–Crippen MR) is 79.8 cm³/mol. The van der Waals surface area contributed by atoms with Gasteiger partial charge in [-0.3, -0.25) is 0 Å². The Hall–Kier alpha value is -1.13. The highest BCUT2D eigenvalue weighted by Gasteiger charge is 2.22. The Bertz CT molecular complexity index is 421. The Labute approximate surface area is 121 Å². The minimum absolute atomic E-state index is 0.197. The maximum Gasteiger partial charge on any atom is 0.165 e. The molecular weight excluding hydrogens is 257 g/mol. The normalized spacial score (nSPS) is 13.3. The lowest BCUT2D eigenvalue weighted by Gasteiger charge is -2.29. The molecule has 1 rings (SSSR count). The molecule has 4 heteroatoms. The second-order valence-electron chi connectivity index (χ2n) is 5.60. The van der Waals surface area contributed by atoms with Crippen molar-refractivity contribution in [3.05, 3.63) is 29.6 Å². The summed E-state index contributed by atoms with van der Waals surface area (Å²) in [5.41, 5.74) is 0.763. The molecule has 0 fully saturated rings. The van der Waals surface area contributed by atoms with E-state index in [1.54, 1.807) is 19.2 Å². The third kappa shape index (κ3) is 5.10. The highest BCUT2D eigenvalue weighted by Crippen LogP contribution is 2.21. The third-order valence-electron chi connectivity index (χ3n) is 3.48. The largest absolute Gasteiger partial charge is 0.494 e. The first kappa shape index (κ1) is 16.9. The Morgan fingerprint density at radius 3 is 2.50 bits per heavy atom. The summed E-state index contributed by atoms with van der Waals surface area (Å²) in [7, 11) is 3.19. The fourth-order valence-corrected chi connectivity index (χ4v) is 2.30. The van der Waals surface area contributed by atoms with Crippen molar-refractivity contribution >= 4 is 0 Å². The van der Waals surface area contributed by atoms with Crippen LogP contribution in [0.1, 0.15) is 32.8 Å². The zero-order valence-corrected chi connectivity index (χ0v) is 13.1. The summed E-state index contributed by atoms with van der Waals surface area (Å²) in [6.45, 7) is 7.07. The molecule has 20 heavy (non-hydrogen) atoms. The van der Waals surface area contributed by atoms with Gasteiger partial charge >= 0.3 is 0 Å². The molecule has 1 aromatic rings. The molecule has 0 aliphatic heterocycles. The van der Waals surface area contributed by atoms with Crippen LogP contribution in [0, 0.1) is 5.82 Å². The Morgan fingerprint density at radius 1 is 1.30 bits per heavy atom. The van der Waals surface area contributed by atoms with Crippen molar-refractivity contribution in [3.63, 3.8) is 0 Å². The summed E-state index contributed by atoms with van der Waals surface area (Å²) in [6.07, 6.45) is 1.63. The standard InChI is InChI=1S/C16H26FNO2/c1-6-18-13(11-16(2,3)20-5)9-12-7-8-15(19-4)14(17)10-12/h7-8,10,13,18H,6,9,11H2,1-5H3. The fourth-order valence-electron chi connectivity index (χ4n) is 2.30. The van der Waals surface area contributed by atoms with E-state index in [2.05, 4.69) is 26.1 Å². The Morgan fingerprint density at radius 2 is 2.00 bits per heavy atom. The molecule has 1 unspecified atom stereocenters. The Balaban J connectivity index is 2.77. The van der Waals surface area contributed by atoms with Crippen molar-refractivity contribution in [3.8, 4) is 5.75 Å². The summed E-state index contributed by atoms with van der Waals surface area (Å²) < 4.78 is 24.1. The van der Waals surface area contributed by atoms with E-state index in [0.717, 1.165) is 24.9 Å². The van der Waals surface area contributed by atoms with Gasteiger partial charge in [-0.1, -0.05) is 13.0 Å². The van der Waals surface area contributed by atoms with Gasteiger partial charge in [0.15, 0.2) is 11.6 Å². The van der Waals surface area contributed by atoms with Crippen LogP contribution in [-0.2, 0) is 11.2 Å². The minimum Gasteiger partial charge on any atom is -0.494 e. The van der Waals surface area contributed by atoms with Crippen molar-refractivity contribution in [1.82, 2.24) is 5.32 Å². The molecule has 1 N–H and O–H groups in total. The topological polar surface area (TPSA) is 30.5 Å². The SMILES string of the molecule is CCNC(Cc1ccc(OC)c(F)c1)CC(C)(C)OC. The molecule has 0 saturated carbocycles. The number of methoxy groups -OCH3 is 2. The molecule has 0 spiro atoms. The average Bonchev–Trinajstić information content (AvgIpc) is 2.39. The quantitative estimate of drug-likeness (QED) is 0.795. The molecule has 0 heterocycles. The van der Waals surface area contributed by atoms with Crippen molar-refractivity contribution in [1.29, 1.82) is 0 Å². The van der Waals surface area contributed by atoms with Gasteiger partial charge in [0.25, 0.3) is 0 Å². The number of ether oxygens (including phenoxy) is 2. The van der Waals surface area contributed by atoms with Crippen LogP contribution in [0.25, 0.3) is 0 Å². The van der Waals surface area contributed by atoms with Crippen molar-refractivity contribution < 1.29 is 13.9 Å². The van der Waals surface area contributed by atoms with Crippen LogP contribution in [0.4, 0.5) is 4.39 Å². The zero-order valence-electron chi connectivity index (χ0n) is 13.1. The molecule has 0 aliphatic rings. The number of benzene rings is 1. The van der Waals surface area contributed by atoms with E-state index >= 15 is 0 Å². The summed E-state index contributed by atoms with van der Waals surface area (Å²) in [5, 5.41) is 3.44. The van der Waals surface area contributed by atoms with Gasteiger partial charge in [0, 0.05) is 13.2 Å². The number of halogens is 1. The predicted octanol–water partition coefficient (Wildman–Crippen LogP) is 3.17. The molecule has 0 amide bonds. The minimum atomic E-state index is -0.314. The highest BCUT2D eigenvalue weighted by molar-refractivity contribution is 5.29. The zero-order chi connectivity index (χ0) is 15.2. The van der Waals surface area contributed by atoms with Gasteiger partial charge in [0.05, 0.1) is 12.7 Å². The van der Waals surface area contributed by atoms with Crippen LogP contribution in [0.3, 0.4) is 0 Å². The summed E-state index contributed by atoms with van der Waals surface area (Å²) in [5.74, 6) is -0.0303. The molecule has 0 saturated heterocycles. The average molecular weight is 283 g/mol. The van der Waals surface area contributed by atoms with Crippen molar-refractivity contribution in [2.75, 3.05) is 20.8 Å². The molecule has 1 atom stereocenters. The maximum atomic E-state index is 13.7. The van der Waals surface area contributed by atoms with Gasteiger partial charge < -0.3 is 14.8 Å². The van der Waals surface area contributed by atoms with Gasteiger partial charge in [-0.15, -0.1) is 0 Å². The van der Waals surface area contributed by atoms with Gasteiger partial charge in [-0.2, -0.15) is 0 Å². The molecule has 0 aromatic heterocycles. The molecule has 0 bridgehead atoms. The summed E-state index contributed by atoms with van der Waals surface area (Å²) in [4.78, 5) is 0. The van der Waals surface area contributed by atoms with Crippen LogP contribution in [0.15, 0.2) is 18.2 Å². The number of nitrogens with one attached hydrogen (secondary N) is 1. The smallest absolute Gasteiger partial charge is 0.165 e. The van der Waals surface area contributed by atoms with Crippen LogP contribution >= 0.6 is 0 Å². The van der Waals surface area contributed by atoms with E-state index in [1.807, 2.05) is 6.07 Å². The second-order valence-corrected chi connectivity index (χ2v) is 5.60. The van der Waals surface area contributed by atoms with Gasteiger partial charge in [0.2, 0.25) is 0 Å². The molecule has 0 radical (unpaired) electrons. The summed E-state index contributed by atoms with van der Waals surface area (Å²) >= 11 is 0. The molecule has 3 nitrogen and oxygen atoms in total. The number of likely N-dealkylation sites (N-methyl/N-ethyl adjacent to an activating group) is 1. The third-order valence-corrected chi connectivity index (χ3v) is 3.48. The van der Waals surface area contributed by atoms with Crippen LogP contribution in [0.5, 0.6) is 5.75 Å². The lowest BCUT2D eigenvalue weighted by Crippen LogP contribution is -2.39. The molecule has 1 aromatic carbocycles. The highest BCUT2D eigenvalue weighted by atomic mass is 19.1. The van der Waals surface area contributed by atoms with E-state index in [1.165, 1.54) is 7.11 Å². The molecule has 114 valence electrons. The van der Waals surface area contributed by atoms with Crippen molar-refractivity contribution in [2.24, 2.45) is 0 Å². The molecular formula is C16H26FNO2. The van der Waals surface area contributed by atoms with Gasteiger partial charge in [-0.05, 0) is 50.9 Å². The first-order chi connectivity index (χ1) is 9.41. The lowest BCUT2D eigenvalue weighted by molar-refractivity contribution is 0.00726. The van der Waals surface area contributed by atoms with E-state index in [0.29, 0.717) is 0 Å². The monoisotopic (exact) mass is 283 g/mol. The van der Waals surface area contributed by atoms with Crippen LogP contribution in [-0.4, -0.2) is 32.4 Å². The maximum absolute atomic E-state index is 13.7. The first-order valence-electron chi connectivity index (χ1n) is 7.02. The fraction of sp³-hybridized carbons (Fsp3) is 0.625. The van der Waals surface area contributed by atoms with E-state index < -0.39 is 0 Å².